The lowest BCUT2D eigenvalue weighted by Crippen LogP contribution is -2.40. The molecule has 0 radical (unpaired) electrons. The topological polar surface area (TPSA) is 42.0 Å². The Bertz CT molecular complexity index is 675. The van der Waals surface area contributed by atoms with Gasteiger partial charge in [0.2, 0.25) is 0 Å². The number of nitrogens with zero attached hydrogens (tertiary/aromatic N) is 1. The second kappa shape index (κ2) is 5.64. The van der Waals surface area contributed by atoms with Crippen LogP contribution in [0.2, 0.25) is 0 Å². The summed E-state index contributed by atoms with van der Waals surface area (Å²) in [5.41, 5.74) is 2.14. The highest BCUT2D eigenvalue weighted by molar-refractivity contribution is 5.96. The van der Waals surface area contributed by atoms with Crippen molar-refractivity contribution in [1.82, 2.24) is 10.3 Å². The molecule has 0 aliphatic rings. The van der Waals surface area contributed by atoms with E-state index in [-0.39, 0.29) is 5.56 Å². The number of carbonyl (C=O) groups is 1. The highest BCUT2D eigenvalue weighted by atomic mass is 19.1. The summed E-state index contributed by atoms with van der Waals surface area (Å²) in [6.45, 7) is 7.46. The van der Waals surface area contributed by atoms with E-state index in [9.17, 15) is 9.18 Å². The SMILES string of the molecule is Cc1ncccc1-c1ccc(F)c(C(=O)NC(C)(C)C)c1. The van der Waals surface area contributed by atoms with Crippen molar-refractivity contribution in [3.8, 4) is 11.1 Å². The summed E-state index contributed by atoms with van der Waals surface area (Å²) < 4.78 is 13.9. The van der Waals surface area contributed by atoms with E-state index in [1.807, 2.05) is 39.8 Å². The van der Waals surface area contributed by atoms with Crippen molar-refractivity contribution in [3.63, 3.8) is 0 Å². The van der Waals surface area contributed by atoms with Crippen molar-refractivity contribution in [1.29, 1.82) is 0 Å². The van der Waals surface area contributed by atoms with Crippen LogP contribution in [0.25, 0.3) is 11.1 Å². The maximum Gasteiger partial charge on any atom is 0.254 e. The minimum atomic E-state index is -0.526. The molecule has 2 rings (SSSR count). The lowest BCUT2D eigenvalue weighted by molar-refractivity contribution is 0.0915. The van der Waals surface area contributed by atoms with E-state index in [1.165, 1.54) is 6.07 Å². The molecule has 0 fully saturated rings. The van der Waals surface area contributed by atoms with Gasteiger partial charge in [0.25, 0.3) is 5.91 Å². The molecule has 0 bridgehead atoms. The zero-order valence-corrected chi connectivity index (χ0v) is 12.7. The third-order valence-corrected chi connectivity index (χ3v) is 3.02. The van der Waals surface area contributed by atoms with Crippen molar-refractivity contribution in [2.45, 2.75) is 33.2 Å². The molecule has 0 saturated carbocycles. The van der Waals surface area contributed by atoms with Gasteiger partial charge >= 0.3 is 0 Å². The molecular formula is C17H19FN2O. The number of hydrogen-bond donors (Lipinski definition) is 1. The third-order valence-electron chi connectivity index (χ3n) is 3.02. The molecule has 0 atom stereocenters. The van der Waals surface area contributed by atoms with E-state index >= 15 is 0 Å². The predicted molar refractivity (Wildman–Crippen MR) is 81.6 cm³/mol. The minimum Gasteiger partial charge on any atom is -0.347 e. The Morgan fingerprint density at radius 3 is 2.57 bits per heavy atom. The molecule has 0 spiro atoms. The Kier molecular flexibility index (Phi) is 4.07. The van der Waals surface area contributed by atoms with Gasteiger partial charge in [0.15, 0.2) is 0 Å². The fourth-order valence-corrected chi connectivity index (χ4v) is 2.06. The van der Waals surface area contributed by atoms with Gasteiger partial charge in [0.05, 0.1) is 5.56 Å². The van der Waals surface area contributed by atoms with E-state index in [2.05, 4.69) is 10.3 Å². The van der Waals surface area contributed by atoms with Gasteiger partial charge in [-0.3, -0.25) is 9.78 Å². The van der Waals surface area contributed by atoms with Crippen LogP contribution in [-0.2, 0) is 0 Å². The Labute approximate surface area is 124 Å². The summed E-state index contributed by atoms with van der Waals surface area (Å²) >= 11 is 0. The van der Waals surface area contributed by atoms with E-state index in [1.54, 1.807) is 18.3 Å². The number of hydrogen-bond acceptors (Lipinski definition) is 2. The summed E-state index contributed by atoms with van der Waals surface area (Å²) in [5, 5.41) is 2.77. The number of rotatable bonds is 2. The van der Waals surface area contributed by atoms with E-state index in [4.69, 9.17) is 0 Å². The Morgan fingerprint density at radius 1 is 1.24 bits per heavy atom. The van der Waals surface area contributed by atoms with Gasteiger partial charge < -0.3 is 5.32 Å². The number of aryl methyl sites for hydroxylation is 1. The normalized spacial score (nSPS) is 11.3. The van der Waals surface area contributed by atoms with Crippen molar-refractivity contribution >= 4 is 5.91 Å². The largest absolute Gasteiger partial charge is 0.347 e. The van der Waals surface area contributed by atoms with Crippen LogP contribution in [0.4, 0.5) is 4.39 Å². The molecule has 2 aromatic rings. The van der Waals surface area contributed by atoms with Crippen LogP contribution in [0, 0.1) is 12.7 Å². The average Bonchev–Trinajstić information content (AvgIpc) is 2.38. The van der Waals surface area contributed by atoms with Crippen LogP contribution in [0.15, 0.2) is 36.5 Å². The lowest BCUT2D eigenvalue weighted by Gasteiger charge is -2.21. The molecule has 1 N–H and O–H groups in total. The van der Waals surface area contributed by atoms with Gasteiger partial charge in [-0.05, 0) is 51.5 Å². The number of amides is 1. The van der Waals surface area contributed by atoms with Gasteiger partial charge in [-0.15, -0.1) is 0 Å². The molecule has 1 aromatic heterocycles. The first-order chi connectivity index (χ1) is 9.78. The van der Waals surface area contributed by atoms with Gasteiger partial charge in [-0.2, -0.15) is 0 Å². The maximum absolute atomic E-state index is 13.9. The van der Waals surface area contributed by atoms with Crippen LogP contribution in [0.3, 0.4) is 0 Å². The standard InChI is InChI=1S/C17H19FN2O/c1-11-13(6-5-9-19-11)12-7-8-15(18)14(10-12)16(21)20-17(2,3)4/h5-10H,1-4H3,(H,20,21). The fraction of sp³-hybridized carbons (Fsp3) is 0.294. The molecule has 110 valence electrons. The van der Waals surface area contributed by atoms with E-state index in [0.29, 0.717) is 0 Å². The van der Waals surface area contributed by atoms with Crippen molar-refractivity contribution in [2.75, 3.05) is 0 Å². The molecule has 0 aliphatic heterocycles. The first-order valence-electron chi connectivity index (χ1n) is 6.82. The molecule has 1 heterocycles. The van der Waals surface area contributed by atoms with Crippen molar-refractivity contribution in [2.24, 2.45) is 0 Å². The van der Waals surface area contributed by atoms with Gasteiger partial charge in [-0.25, -0.2) is 4.39 Å². The molecule has 3 nitrogen and oxygen atoms in total. The summed E-state index contributed by atoms with van der Waals surface area (Å²) in [6, 6.07) is 8.27. The van der Waals surface area contributed by atoms with Gasteiger partial charge in [-0.1, -0.05) is 12.1 Å². The van der Waals surface area contributed by atoms with Gasteiger partial charge in [0.1, 0.15) is 5.82 Å². The Balaban J connectivity index is 2.43. The van der Waals surface area contributed by atoms with Crippen molar-refractivity contribution < 1.29 is 9.18 Å². The average molecular weight is 286 g/mol. The number of halogens is 1. The molecule has 21 heavy (non-hydrogen) atoms. The second-order valence-electron chi connectivity index (χ2n) is 6.04. The monoisotopic (exact) mass is 286 g/mol. The number of benzene rings is 1. The first kappa shape index (κ1) is 15.2. The number of nitrogens with one attached hydrogen (secondary N) is 1. The first-order valence-corrected chi connectivity index (χ1v) is 6.82. The summed E-state index contributed by atoms with van der Waals surface area (Å²) in [4.78, 5) is 16.4. The fourth-order valence-electron chi connectivity index (χ4n) is 2.06. The summed E-state index contributed by atoms with van der Waals surface area (Å²) in [7, 11) is 0. The highest BCUT2D eigenvalue weighted by Crippen LogP contribution is 2.24. The van der Waals surface area contributed by atoms with Crippen LogP contribution >= 0.6 is 0 Å². The summed E-state index contributed by atoms with van der Waals surface area (Å²) in [5.74, 6) is -0.939. The molecule has 1 aromatic carbocycles. The number of carbonyl (C=O) groups excluding carboxylic acids is 1. The molecular weight excluding hydrogens is 267 g/mol. The van der Waals surface area contributed by atoms with Crippen molar-refractivity contribution in [3.05, 3.63) is 53.6 Å². The zero-order chi connectivity index (χ0) is 15.6. The second-order valence-corrected chi connectivity index (χ2v) is 6.04. The van der Waals surface area contributed by atoms with E-state index < -0.39 is 17.3 Å². The highest BCUT2D eigenvalue weighted by Gasteiger charge is 2.19. The van der Waals surface area contributed by atoms with Gasteiger partial charge in [0, 0.05) is 23.0 Å². The van der Waals surface area contributed by atoms with E-state index in [0.717, 1.165) is 16.8 Å². The molecule has 0 unspecified atom stereocenters. The zero-order valence-electron chi connectivity index (χ0n) is 12.7. The smallest absolute Gasteiger partial charge is 0.254 e. The quantitative estimate of drug-likeness (QED) is 0.914. The van der Waals surface area contributed by atoms with Crippen LogP contribution in [-0.4, -0.2) is 16.4 Å². The van der Waals surface area contributed by atoms with Crippen LogP contribution < -0.4 is 5.32 Å². The lowest BCUT2D eigenvalue weighted by atomic mass is 10.0. The minimum absolute atomic E-state index is 0.0469. The molecule has 0 saturated heterocycles. The third kappa shape index (κ3) is 3.66. The summed E-state index contributed by atoms with van der Waals surface area (Å²) in [6.07, 6.45) is 1.70. The Hall–Kier alpha value is -2.23. The molecule has 0 aliphatic carbocycles. The predicted octanol–water partition coefficient (Wildman–Crippen LogP) is 3.72. The molecule has 1 amide bonds. The molecule has 4 heteroatoms. The maximum atomic E-state index is 13.9. The number of pyridine rings is 1. The van der Waals surface area contributed by atoms with Crippen LogP contribution in [0.1, 0.15) is 36.8 Å². The van der Waals surface area contributed by atoms with Crippen LogP contribution in [0.5, 0.6) is 0 Å². The Morgan fingerprint density at radius 2 is 1.95 bits per heavy atom. The number of aromatic nitrogens is 1.